The lowest BCUT2D eigenvalue weighted by Crippen LogP contribution is -2.31. The lowest BCUT2D eigenvalue weighted by Gasteiger charge is -2.12. The number of thiophene rings is 1. The van der Waals surface area contributed by atoms with Crippen molar-refractivity contribution in [2.75, 3.05) is 18.4 Å². The predicted molar refractivity (Wildman–Crippen MR) is 82.6 cm³/mol. The fourth-order valence-corrected chi connectivity index (χ4v) is 2.54. The molecule has 0 aliphatic rings. The number of ether oxygens (including phenoxy) is 1. The number of benzene rings is 1. The second kappa shape index (κ2) is 8.33. The highest BCUT2D eigenvalue weighted by molar-refractivity contribution is 7.09. The summed E-state index contributed by atoms with van der Waals surface area (Å²) in [5, 5.41) is 7.55. The third-order valence-corrected chi connectivity index (χ3v) is 3.75. The molecule has 0 fully saturated rings. The van der Waals surface area contributed by atoms with Crippen LogP contribution in [0, 0.1) is 0 Å². The number of carbonyl (C=O) groups is 1. The first-order valence-corrected chi connectivity index (χ1v) is 7.60. The van der Waals surface area contributed by atoms with E-state index in [2.05, 4.69) is 15.4 Å². The maximum atomic E-state index is 12.3. The average Bonchev–Trinajstić information content (AvgIpc) is 2.99. The molecule has 1 heterocycles. The Balaban J connectivity index is 1.76. The summed E-state index contributed by atoms with van der Waals surface area (Å²) < 4.78 is 28.9. The summed E-state index contributed by atoms with van der Waals surface area (Å²) in [5.41, 5.74) is 0.358. The molecule has 0 radical (unpaired) electrons. The second-order valence-corrected chi connectivity index (χ2v) is 5.44. The third kappa shape index (κ3) is 5.33. The maximum Gasteiger partial charge on any atom is 0.387 e. The molecule has 0 aliphatic carbocycles. The van der Waals surface area contributed by atoms with Crippen LogP contribution < -0.4 is 15.4 Å². The zero-order chi connectivity index (χ0) is 15.8. The van der Waals surface area contributed by atoms with Crippen LogP contribution in [-0.2, 0) is 11.2 Å². The number of amides is 1. The van der Waals surface area contributed by atoms with Crippen LogP contribution in [0.15, 0.2) is 41.8 Å². The van der Waals surface area contributed by atoms with Gasteiger partial charge in [-0.2, -0.15) is 8.78 Å². The first-order valence-electron chi connectivity index (χ1n) is 6.72. The van der Waals surface area contributed by atoms with Crippen molar-refractivity contribution in [1.82, 2.24) is 5.32 Å². The number of para-hydroxylation sites is 2. The van der Waals surface area contributed by atoms with Crippen LogP contribution in [0.25, 0.3) is 0 Å². The molecule has 2 N–H and O–H groups in total. The van der Waals surface area contributed by atoms with E-state index in [0.717, 1.165) is 6.42 Å². The monoisotopic (exact) mass is 326 g/mol. The first kappa shape index (κ1) is 16.2. The number of alkyl halides is 2. The zero-order valence-electron chi connectivity index (χ0n) is 11.7. The summed E-state index contributed by atoms with van der Waals surface area (Å²) in [6.07, 6.45) is 0.772. The summed E-state index contributed by atoms with van der Waals surface area (Å²) in [5.74, 6) is -0.188. The minimum atomic E-state index is -2.90. The van der Waals surface area contributed by atoms with Gasteiger partial charge in [0.2, 0.25) is 5.91 Å². The Morgan fingerprint density at radius 2 is 2.05 bits per heavy atom. The van der Waals surface area contributed by atoms with Gasteiger partial charge in [0.1, 0.15) is 5.75 Å². The minimum absolute atomic E-state index is 0.00590. The molecule has 2 rings (SSSR count). The number of hydrogen-bond donors (Lipinski definition) is 2. The molecule has 1 amide bonds. The summed E-state index contributed by atoms with van der Waals surface area (Å²) in [6, 6.07) is 10.2. The van der Waals surface area contributed by atoms with Crippen molar-refractivity contribution >= 4 is 22.9 Å². The normalized spacial score (nSPS) is 10.5. The maximum absolute atomic E-state index is 12.3. The van der Waals surface area contributed by atoms with Gasteiger partial charge in [0, 0.05) is 11.4 Å². The van der Waals surface area contributed by atoms with Crippen LogP contribution in [0.3, 0.4) is 0 Å². The molecular weight excluding hydrogens is 310 g/mol. The summed E-state index contributed by atoms with van der Waals surface area (Å²) in [7, 11) is 0. The van der Waals surface area contributed by atoms with Gasteiger partial charge in [-0.05, 0) is 30.0 Å². The van der Waals surface area contributed by atoms with E-state index < -0.39 is 6.61 Å². The van der Waals surface area contributed by atoms with Gasteiger partial charge in [-0.15, -0.1) is 11.3 Å². The van der Waals surface area contributed by atoms with Gasteiger partial charge in [0.05, 0.1) is 12.2 Å². The van der Waals surface area contributed by atoms with Crippen molar-refractivity contribution in [2.45, 2.75) is 13.0 Å². The van der Waals surface area contributed by atoms with Gasteiger partial charge < -0.3 is 15.4 Å². The number of hydrogen-bond acceptors (Lipinski definition) is 4. The van der Waals surface area contributed by atoms with Crippen LogP contribution in [0.4, 0.5) is 14.5 Å². The van der Waals surface area contributed by atoms with Gasteiger partial charge >= 0.3 is 6.61 Å². The highest BCUT2D eigenvalue weighted by Gasteiger charge is 2.09. The quantitative estimate of drug-likeness (QED) is 0.784. The molecule has 4 nitrogen and oxygen atoms in total. The highest BCUT2D eigenvalue weighted by Crippen LogP contribution is 2.25. The molecular formula is C15H16F2N2O2S. The summed E-state index contributed by atoms with van der Waals surface area (Å²) >= 11 is 1.64. The van der Waals surface area contributed by atoms with Gasteiger partial charge in [-0.1, -0.05) is 18.2 Å². The average molecular weight is 326 g/mol. The molecule has 1 aromatic heterocycles. The molecule has 1 aromatic carbocycles. The van der Waals surface area contributed by atoms with E-state index in [-0.39, 0.29) is 18.2 Å². The molecule has 0 saturated carbocycles. The van der Waals surface area contributed by atoms with E-state index in [1.165, 1.54) is 10.9 Å². The Morgan fingerprint density at radius 3 is 2.77 bits per heavy atom. The lowest BCUT2D eigenvalue weighted by atomic mass is 10.3. The summed E-state index contributed by atoms with van der Waals surface area (Å²) in [4.78, 5) is 12.9. The van der Waals surface area contributed by atoms with E-state index in [1.54, 1.807) is 29.5 Å². The fourth-order valence-electron chi connectivity index (χ4n) is 1.83. The van der Waals surface area contributed by atoms with Crippen molar-refractivity contribution in [3.8, 4) is 5.75 Å². The number of anilines is 1. The van der Waals surface area contributed by atoms with Crippen LogP contribution in [0.1, 0.15) is 4.88 Å². The van der Waals surface area contributed by atoms with Crippen molar-refractivity contribution in [1.29, 1.82) is 0 Å². The van der Waals surface area contributed by atoms with Crippen molar-refractivity contribution in [3.05, 3.63) is 46.7 Å². The number of carbonyl (C=O) groups excluding carboxylic acids is 1. The predicted octanol–water partition coefficient (Wildman–Crippen LogP) is 3.12. The van der Waals surface area contributed by atoms with E-state index in [1.807, 2.05) is 17.5 Å². The second-order valence-electron chi connectivity index (χ2n) is 4.41. The minimum Gasteiger partial charge on any atom is -0.433 e. The largest absolute Gasteiger partial charge is 0.433 e. The van der Waals surface area contributed by atoms with Crippen LogP contribution in [-0.4, -0.2) is 25.6 Å². The fraction of sp³-hybridized carbons (Fsp3) is 0.267. The molecule has 0 atom stereocenters. The van der Waals surface area contributed by atoms with E-state index in [9.17, 15) is 13.6 Å². The Hall–Kier alpha value is -2.15. The van der Waals surface area contributed by atoms with Crippen LogP contribution >= 0.6 is 11.3 Å². The van der Waals surface area contributed by atoms with Gasteiger partial charge in [0.25, 0.3) is 0 Å². The van der Waals surface area contributed by atoms with Crippen molar-refractivity contribution in [2.24, 2.45) is 0 Å². The molecule has 2 aromatic rings. The molecule has 0 spiro atoms. The summed E-state index contributed by atoms with van der Waals surface area (Å²) in [6.45, 7) is -2.37. The Morgan fingerprint density at radius 1 is 1.23 bits per heavy atom. The number of rotatable bonds is 8. The highest BCUT2D eigenvalue weighted by atomic mass is 32.1. The SMILES string of the molecule is O=C(CNc1ccccc1OC(F)F)NCCc1cccs1. The van der Waals surface area contributed by atoms with E-state index >= 15 is 0 Å². The molecule has 22 heavy (non-hydrogen) atoms. The molecule has 7 heteroatoms. The third-order valence-electron chi connectivity index (χ3n) is 2.82. The Kier molecular flexibility index (Phi) is 6.14. The van der Waals surface area contributed by atoms with E-state index in [4.69, 9.17) is 0 Å². The van der Waals surface area contributed by atoms with Gasteiger partial charge in [-0.3, -0.25) is 4.79 Å². The first-order chi connectivity index (χ1) is 10.6. The lowest BCUT2D eigenvalue weighted by molar-refractivity contribution is -0.119. The van der Waals surface area contributed by atoms with Crippen molar-refractivity contribution < 1.29 is 18.3 Å². The Bertz CT molecular complexity index is 591. The molecule has 0 unspecified atom stereocenters. The smallest absolute Gasteiger partial charge is 0.387 e. The van der Waals surface area contributed by atoms with Crippen LogP contribution in [0.2, 0.25) is 0 Å². The van der Waals surface area contributed by atoms with Gasteiger partial charge in [0.15, 0.2) is 0 Å². The standard InChI is InChI=1S/C15H16F2N2O2S/c16-15(17)21-13-6-2-1-5-12(13)19-10-14(20)18-8-7-11-4-3-9-22-11/h1-6,9,15,19H,7-8,10H2,(H,18,20). The zero-order valence-corrected chi connectivity index (χ0v) is 12.5. The molecule has 0 bridgehead atoms. The van der Waals surface area contributed by atoms with Gasteiger partial charge in [-0.25, -0.2) is 0 Å². The van der Waals surface area contributed by atoms with Crippen molar-refractivity contribution in [3.63, 3.8) is 0 Å². The van der Waals surface area contributed by atoms with E-state index in [0.29, 0.717) is 12.2 Å². The molecule has 118 valence electrons. The number of nitrogens with one attached hydrogen (secondary N) is 2. The Labute approximate surface area is 131 Å². The number of halogens is 2. The van der Waals surface area contributed by atoms with Crippen LogP contribution in [0.5, 0.6) is 5.75 Å². The molecule has 0 aliphatic heterocycles. The molecule has 0 saturated heterocycles. The topological polar surface area (TPSA) is 50.4 Å².